The van der Waals surface area contributed by atoms with Gasteiger partial charge in [-0.25, -0.2) is 17.6 Å². The van der Waals surface area contributed by atoms with Crippen LogP contribution in [-0.4, -0.2) is 51.5 Å². The van der Waals surface area contributed by atoms with Crippen LogP contribution in [-0.2, 0) is 14.8 Å². The number of piperazine rings is 1. The maximum atomic E-state index is 13.8. The van der Waals surface area contributed by atoms with E-state index in [2.05, 4.69) is 0 Å². The van der Waals surface area contributed by atoms with E-state index in [9.17, 15) is 17.6 Å². The molecule has 1 aromatic heterocycles. The van der Waals surface area contributed by atoms with Crippen LogP contribution < -0.4 is 4.90 Å². The monoisotopic (exact) mass is 488 g/mol. The number of anilines is 1. The fourth-order valence-corrected chi connectivity index (χ4v) is 6.91. The fraction of sp³-hybridized carbons (Fsp3) is 0.292. The first-order valence-electron chi connectivity index (χ1n) is 10.7. The number of sulfonamides is 1. The molecule has 1 fully saturated rings. The molecule has 0 saturated carbocycles. The van der Waals surface area contributed by atoms with Crippen LogP contribution in [0.25, 0.3) is 11.1 Å². The predicted octanol–water partition coefficient (Wildman–Crippen LogP) is 4.55. The third kappa shape index (κ3) is 4.80. The number of aryl methyl sites for hydroxylation is 1. The molecule has 0 unspecified atom stereocenters. The van der Waals surface area contributed by atoms with E-state index < -0.39 is 16.0 Å². The van der Waals surface area contributed by atoms with Crippen molar-refractivity contribution in [3.63, 3.8) is 0 Å². The van der Waals surface area contributed by atoms with Crippen LogP contribution in [0.4, 0.5) is 10.1 Å². The Morgan fingerprint density at radius 1 is 1.03 bits per heavy atom. The first-order valence-corrected chi connectivity index (χ1v) is 13.0. The zero-order chi connectivity index (χ0) is 23.6. The minimum absolute atomic E-state index is 0.00466. The Labute approximate surface area is 197 Å². The van der Waals surface area contributed by atoms with Crippen molar-refractivity contribution in [2.24, 2.45) is 0 Å². The highest BCUT2D eigenvalue weighted by molar-refractivity contribution is 7.89. The number of ether oxygens (including phenoxy) is 1. The van der Waals surface area contributed by atoms with Crippen LogP contribution in [0.5, 0.6) is 0 Å². The number of esters is 1. The Morgan fingerprint density at radius 2 is 1.67 bits per heavy atom. The number of rotatable bonds is 6. The Balaban J connectivity index is 1.66. The second-order valence-corrected chi connectivity index (χ2v) is 10.5. The van der Waals surface area contributed by atoms with Crippen molar-refractivity contribution in [3.05, 3.63) is 70.2 Å². The molecule has 3 aromatic rings. The van der Waals surface area contributed by atoms with Gasteiger partial charge in [0.2, 0.25) is 10.0 Å². The van der Waals surface area contributed by atoms with Crippen LogP contribution in [0.2, 0.25) is 0 Å². The average molecular weight is 489 g/mol. The first kappa shape index (κ1) is 23.4. The van der Waals surface area contributed by atoms with Gasteiger partial charge >= 0.3 is 5.97 Å². The van der Waals surface area contributed by atoms with Gasteiger partial charge in [-0.05, 0) is 43.7 Å². The summed E-state index contributed by atoms with van der Waals surface area (Å²) in [5, 5.41) is 1.71. The summed E-state index contributed by atoms with van der Waals surface area (Å²) in [6.45, 7) is 5.24. The van der Waals surface area contributed by atoms with E-state index >= 15 is 0 Å². The van der Waals surface area contributed by atoms with E-state index in [-0.39, 0.29) is 35.3 Å². The number of halogens is 1. The maximum absolute atomic E-state index is 13.8. The van der Waals surface area contributed by atoms with Gasteiger partial charge in [-0.1, -0.05) is 29.8 Å². The second-order valence-electron chi connectivity index (χ2n) is 7.76. The number of hydrogen-bond donors (Lipinski definition) is 0. The molecule has 0 atom stereocenters. The molecule has 6 nitrogen and oxygen atoms in total. The molecule has 174 valence electrons. The zero-order valence-electron chi connectivity index (χ0n) is 18.5. The van der Waals surface area contributed by atoms with Crippen molar-refractivity contribution in [1.82, 2.24) is 4.31 Å². The van der Waals surface area contributed by atoms with Gasteiger partial charge < -0.3 is 9.64 Å². The van der Waals surface area contributed by atoms with E-state index in [0.29, 0.717) is 18.7 Å². The third-order valence-corrected chi connectivity index (χ3v) is 8.67. The molecule has 4 rings (SSSR count). The average Bonchev–Trinajstić information content (AvgIpc) is 3.27. The van der Waals surface area contributed by atoms with Crippen molar-refractivity contribution in [2.75, 3.05) is 37.7 Å². The standard InChI is InChI=1S/C24H25FN2O4S2/c1-3-31-24(28)22-23(21(16-32-22)18-6-4-17(2)5-7-18)33(29,30)27-14-12-26(13-15-27)20-10-8-19(25)9-11-20/h4-11,16H,3,12-15H2,1-2H3. The lowest BCUT2D eigenvalue weighted by atomic mass is 10.1. The van der Waals surface area contributed by atoms with Gasteiger partial charge in [0.15, 0.2) is 0 Å². The third-order valence-electron chi connectivity index (χ3n) is 5.60. The molecule has 0 N–H and O–H groups in total. The topological polar surface area (TPSA) is 66.9 Å². The van der Waals surface area contributed by atoms with Crippen molar-refractivity contribution >= 4 is 33.0 Å². The number of hydrogen-bond acceptors (Lipinski definition) is 6. The highest BCUT2D eigenvalue weighted by Crippen LogP contribution is 2.38. The largest absolute Gasteiger partial charge is 0.462 e. The van der Waals surface area contributed by atoms with E-state index in [1.54, 1.807) is 24.4 Å². The molecular formula is C24H25FN2O4S2. The normalized spacial score (nSPS) is 14.9. The number of thiophene rings is 1. The number of carbonyl (C=O) groups is 1. The summed E-state index contributed by atoms with van der Waals surface area (Å²) >= 11 is 1.09. The molecule has 0 spiro atoms. The van der Waals surface area contributed by atoms with Crippen LogP contribution in [0.3, 0.4) is 0 Å². The predicted molar refractivity (Wildman–Crippen MR) is 128 cm³/mol. The van der Waals surface area contributed by atoms with Gasteiger partial charge in [-0.3, -0.25) is 0 Å². The Morgan fingerprint density at radius 3 is 2.27 bits per heavy atom. The molecule has 1 saturated heterocycles. The van der Waals surface area contributed by atoms with Gasteiger partial charge in [0.1, 0.15) is 15.6 Å². The number of carbonyl (C=O) groups excluding carboxylic acids is 1. The van der Waals surface area contributed by atoms with Gasteiger partial charge in [0.05, 0.1) is 6.61 Å². The summed E-state index contributed by atoms with van der Waals surface area (Å²) in [7, 11) is -3.96. The second kappa shape index (κ2) is 9.62. The van der Waals surface area contributed by atoms with Gasteiger partial charge in [0.25, 0.3) is 0 Å². The summed E-state index contributed by atoms with van der Waals surface area (Å²) in [5.74, 6) is -0.947. The van der Waals surface area contributed by atoms with Crippen LogP contribution in [0, 0.1) is 12.7 Å². The molecule has 9 heteroatoms. The molecule has 0 amide bonds. The smallest absolute Gasteiger partial charge is 0.349 e. The highest BCUT2D eigenvalue weighted by Gasteiger charge is 2.36. The molecule has 2 aromatic carbocycles. The van der Waals surface area contributed by atoms with Gasteiger partial charge in [-0.2, -0.15) is 4.31 Å². The lowest BCUT2D eigenvalue weighted by molar-refractivity contribution is 0.0528. The first-order chi connectivity index (χ1) is 15.8. The number of nitrogens with zero attached hydrogens (tertiary/aromatic N) is 2. The quantitative estimate of drug-likeness (QED) is 0.476. The van der Waals surface area contributed by atoms with E-state index in [1.165, 1.54) is 16.4 Å². The van der Waals surface area contributed by atoms with Crippen LogP contribution >= 0.6 is 11.3 Å². The summed E-state index contributed by atoms with van der Waals surface area (Å²) in [5.41, 5.74) is 3.14. The molecular weight excluding hydrogens is 463 g/mol. The minimum Gasteiger partial charge on any atom is -0.462 e. The molecule has 0 bridgehead atoms. The SMILES string of the molecule is CCOC(=O)c1scc(-c2ccc(C)cc2)c1S(=O)(=O)N1CCN(c2ccc(F)cc2)CC1. The summed E-state index contributed by atoms with van der Waals surface area (Å²) in [6, 6.07) is 13.7. The molecule has 1 aliphatic rings. The molecule has 33 heavy (non-hydrogen) atoms. The van der Waals surface area contributed by atoms with E-state index in [1.807, 2.05) is 36.1 Å². The molecule has 1 aliphatic heterocycles. The Bertz CT molecular complexity index is 1230. The highest BCUT2D eigenvalue weighted by atomic mass is 32.2. The Kier molecular flexibility index (Phi) is 6.83. The summed E-state index contributed by atoms with van der Waals surface area (Å²) < 4.78 is 47.4. The lowest BCUT2D eigenvalue weighted by Crippen LogP contribution is -2.48. The summed E-state index contributed by atoms with van der Waals surface area (Å²) in [4.78, 5) is 14.7. The van der Waals surface area contributed by atoms with Crippen LogP contribution in [0.1, 0.15) is 22.2 Å². The molecule has 0 radical (unpaired) electrons. The van der Waals surface area contributed by atoms with Crippen molar-refractivity contribution in [3.8, 4) is 11.1 Å². The lowest BCUT2D eigenvalue weighted by Gasteiger charge is -2.35. The minimum atomic E-state index is -3.96. The van der Waals surface area contributed by atoms with E-state index in [0.717, 1.165) is 28.2 Å². The molecule has 2 heterocycles. The van der Waals surface area contributed by atoms with Crippen molar-refractivity contribution in [1.29, 1.82) is 0 Å². The van der Waals surface area contributed by atoms with Crippen LogP contribution in [0.15, 0.2) is 58.8 Å². The van der Waals surface area contributed by atoms with Crippen molar-refractivity contribution < 1.29 is 22.3 Å². The zero-order valence-corrected chi connectivity index (χ0v) is 20.1. The maximum Gasteiger partial charge on any atom is 0.349 e. The summed E-state index contributed by atoms with van der Waals surface area (Å²) in [6.07, 6.45) is 0. The molecule has 0 aliphatic carbocycles. The van der Waals surface area contributed by atoms with Crippen molar-refractivity contribution in [2.45, 2.75) is 18.7 Å². The van der Waals surface area contributed by atoms with Gasteiger partial charge in [0, 0.05) is 42.8 Å². The number of benzene rings is 2. The van der Waals surface area contributed by atoms with E-state index in [4.69, 9.17) is 4.74 Å². The Hall–Kier alpha value is -2.75. The van der Waals surface area contributed by atoms with Gasteiger partial charge in [-0.15, -0.1) is 11.3 Å². The fourth-order valence-electron chi connectivity index (χ4n) is 3.84.